The topological polar surface area (TPSA) is 29.1 Å². The van der Waals surface area contributed by atoms with E-state index < -0.39 is 17.8 Å². The Balaban J connectivity index is 2.69. The van der Waals surface area contributed by atoms with Crippen LogP contribution in [0.2, 0.25) is 0 Å². The lowest BCUT2D eigenvalue weighted by atomic mass is 9.95. The molecular formula is C9H12F3NO. The normalized spacial score (nSPS) is 22.9. The van der Waals surface area contributed by atoms with Crippen LogP contribution in [0.4, 0.5) is 13.2 Å². The molecule has 0 radical (unpaired) electrons. The van der Waals surface area contributed by atoms with Gasteiger partial charge in [-0.2, -0.15) is 13.2 Å². The number of hydrogen-bond acceptors (Lipinski definition) is 1. The van der Waals surface area contributed by atoms with Gasteiger partial charge in [0.15, 0.2) is 0 Å². The summed E-state index contributed by atoms with van der Waals surface area (Å²) in [6.07, 6.45) is -2.03. The average molecular weight is 207 g/mol. The first-order chi connectivity index (χ1) is 6.39. The summed E-state index contributed by atoms with van der Waals surface area (Å²) < 4.78 is 36.8. The van der Waals surface area contributed by atoms with Gasteiger partial charge in [0, 0.05) is 18.5 Å². The highest BCUT2D eigenvalue weighted by Gasteiger charge is 2.35. The lowest BCUT2D eigenvalue weighted by Gasteiger charge is -2.22. The molecule has 1 rings (SSSR count). The zero-order chi connectivity index (χ0) is 10.8. The van der Waals surface area contributed by atoms with E-state index in [1.807, 2.05) is 0 Å². The van der Waals surface area contributed by atoms with Crippen molar-refractivity contribution in [3.8, 4) is 0 Å². The lowest BCUT2D eigenvalue weighted by Crippen LogP contribution is -2.34. The number of hydrogen-bond donors (Lipinski definition) is 1. The summed E-state index contributed by atoms with van der Waals surface area (Å²) in [7, 11) is 0. The molecule has 0 aromatic heterocycles. The van der Waals surface area contributed by atoms with Crippen LogP contribution in [0, 0.1) is 0 Å². The monoisotopic (exact) mass is 207 g/mol. The molecule has 1 aliphatic rings. The van der Waals surface area contributed by atoms with E-state index in [4.69, 9.17) is 0 Å². The number of rotatable bonds is 1. The molecule has 0 bridgehead atoms. The molecule has 1 atom stereocenters. The number of carbonyl (C=O) groups excluding carboxylic acids is 1. The van der Waals surface area contributed by atoms with Gasteiger partial charge in [-0.05, 0) is 19.3 Å². The van der Waals surface area contributed by atoms with Gasteiger partial charge in [0.05, 0.1) is 0 Å². The summed E-state index contributed by atoms with van der Waals surface area (Å²) in [4.78, 5) is 10.6. The summed E-state index contributed by atoms with van der Waals surface area (Å²) in [6, 6.07) is -0.460. The van der Waals surface area contributed by atoms with Crippen molar-refractivity contribution in [2.75, 3.05) is 0 Å². The van der Waals surface area contributed by atoms with Gasteiger partial charge in [-0.25, -0.2) is 0 Å². The second kappa shape index (κ2) is 4.02. The van der Waals surface area contributed by atoms with Gasteiger partial charge in [-0.15, -0.1) is 0 Å². The number of nitrogens with one attached hydrogen (secondary N) is 1. The van der Waals surface area contributed by atoms with Gasteiger partial charge in [-0.1, -0.05) is 6.08 Å². The number of halogens is 3. The molecule has 0 saturated heterocycles. The van der Waals surface area contributed by atoms with Crippen LogP contribution in [0.25, 0.3) is 0 Å². The molecule has 0 saturated carbocycles. The van der Waals surface area contributed by atoms with Crippen LogP contribution < -0.4 is 5.32 Å². The Labute approximate surface area is 80.2 Å². The molecule has 2 nitrogen and oxygen atoms in total. The minimum Gasteiger partial charge on any atom is -0.350 e. The first kappa shape index (κ1) is 11.1. The van der Waals surface area contributed by atoms with Crippen molar-refractivity contribution in [2.24, 2.45) is 0 Å². The summed E-state index contributed by atoms with van der Waals surface area (Å²) in [5.74, 6) is -0.297. The quantitative estimate of drug-likeness (QED) is 0.656. The Morgan fingerprint density at radius 3 is 2.71 bits per heavy atom. The van der Waals surface area contributed by atoms with Crippen molar-refractivity contribution < 1.29 is 18.0 Å². The summed E-state index contributed by atoms with van der Waals surface area (Å²) >= 11 is 0. The molecule has 0 aromatic carbocycles. The SMILES string of the molecule is CC(=O)NC1C=C(C(F)(F)F)CCC1. The van der Waals surface area contributed by atoms with Crippen LogP contribution in [-0.4, -0.2) is 18.1 Å². The van der Waals surface area contributed by atoms with E-state index in [2.05, 4.69) is 5.32 Å². The number of alkyl halides is 3. The van der Waals surface area contributed by atoms with Crippen molar-refractivity contribution in [1.82, 2.24) is 5.32 Å². The Bertz CT molecular complexity index is 257. The van der Waals surface area contributed by atoms with Crippen LogP contribution in [0.5, 0.6) is 0 Å². The van der Waals surface area contributed by atoms with Gasteiger partial charge in [-0.3, -0.25) is 4.79 Å². The third kappa shape index (κ3) is 3.05. The van der Waals surface area contributed by atoms with Crippen LogP contribution in [0.1, 0.15) is 26.2 Å². The number of allylic oxidation sites excluding steroid dienone is 1. The fourth-order valence-electron chi connectivity index (χ4n) is 1.53. The van der Waals surface area contributed by atoms with Gasteiger partial charge < -0.3 is 5.32 Å². The second-order valence-electron chi connectivity index (χ2n) is 3.39. The molecule has 1 aliphatic carbocycles. The first-order valence-electron chi connectivity index (χ1n) is 4.44. The third-order valence-corrected chi connectivity index (χ3v) is 2.12. The molecule has 0 heterocycles. The Hall–Kier alpha value is -1.00. The van der Waals surface area contributed by atoms with Gasteiger partial charge in [0.25, 0.3) is 0 Å². The predicted octanol–water partition coefficient (Wildman–Crippen LogP) is 2.16. The van der Waals surface area contributed by atoms with Crippen molar-refractivity contribution in [2.45, 2.75) is 38.4 Å². The van der Waals surface area contributed by atoms with E-state index in [9.17, 15) is 18.0 Å². The molecule has 1 amide bonds. The van der Waals surface area contributed by atoms with Crippen LogP contribution in [0.15, 0.2) is 11.6 Å². The van der Waals surface area contributed by atoms with E-state index in [1.54, 1.807) is 0 Å². The van der Waals surface area contributed by atoms with Gasteiger partial charge in [0.1, 0.15) is 0 Å². The van der Waals surface area contributed by atoms with Crippen LogP contribution in [0.3, 0.4) is 0 Å². The maximum Gasteiger partial charge on any atom is 0.412 e. The maximum absolute atomic E-state index is 12.3. The Morgan fingerprint density at radius 1 is 1.57 bits per heavy atom. The van der Waals surface area contributed by atoms with Crippen LogP contribution >= 0.6 is 0 Å². The van der Waals surface area contributed by atoms with E-state index in [0.717, 1.165) is 6.08 Å². The fourth-order valence-corrected chi connectivity index (χ4v) is 1.53. The zero-order valence-electron chi connectivity index (χ0n) is 7.82. The van der Waals surface area contributed by atoms with Gasteiger partial charge in [0.2, 0.25) is 5.91 Å². The highest BCUT2D eigenvalue weighted by molar-refractivity contribution is 5.73. The standard InChI is InChI=1S/C9H12F3NO/c1-6(14)13-8-4-2-3-7(5-8)9(10,11)12/h5,8H,2-4H2,1H3,(H,13,14). The highest BCUT2D eigenvalue weighted by atomic mass is 19.4. The van der Waals surface area contributed by atoms with E-state index >= 15 is 0 Å². The Morgan fingerprint density at radius 2 is 2.21 bits per heavy atom. The van der Waals surface area contributed by atoms with Gasteiger partial charge >= 0.3 is 6.18 Å². The molecule has 0 spiro atoms. The van der Waals surface area contributed by atoms with E-state index in [-0.39, 0.29) is 12.3 Å². The fraction of sp³-hybridized carbons (Fsp3) is 0.667. The molecular weight excluding hydrogens is 195 g/mol. The molecule has 0 aromatic rings. The van der Waals surface area contributed by atoms with Crippen molar-refractivity contribution >= 4 is 5.91 Å². The lowest BCUT2D eigenvalue weighted by molar-refractivity contribution is -0.119. The minimum absolute atomic E-state index is 0.0551. The first-order valence-corrected chi connectivity index (χ1v) is 4.44. The molecule has 0 fully saturated rings. The van der Waals surface area contributed by atoms with Crippen molar-refractivity contribution in [3.05, 3.63) is 11.6 Å². The van der Waals surface area contributed by atoms with Crippen molar-refractivity contribution in [1.29, 1.82) is 0 Å². The van der Waals surface area contributed by atoms with E-state index in [1.165, 1.54) is 6.92 Å². The number of amides is 1. The average Bonchev–Trinajstić information content (AvgIpc) is 2.01. The molecule has 1 N–H and O–H groups in total. The smallest absolute Gasteiger partial charge is 0.350 e. The summed E-state index contributed by atoms with van der Waals surface area (Å²) in [6.45, 7) is 1.30. The molecule has 1 unspecified atom stereocenters. The Kier molecular flexibility index (Phi) is 3.18. The van der Waals surface area contributed by atoms with E-state index in [0.29, 0.717) is 12.8 Å². The predicted molar refractivity (Wildman–Crippen MR) is 45.6 cm³/mol. The molecule has 0 aliphatic heterocycles. The highest BCUT2D eigenvalue weighted by Crippen LogP contribution is 2.32. The second-order valence-corrected chi connectivity index (χ2v) is 3.39. The largest absolute Gasteiger partial charge is 0.412 e. The third-order valence-electron chi connectivity index (χ3n) is 2.12. The zero-order valence-corrected chi connectivity index (χ0v) is 7.82. The molecule has 5 heteroatoms. The molecule has 14 heavy (non-hydrogen) atoms. The summed E-state index contributed by atoms with van der Waals surface area (Å²) in [5.41, 5.74) is -0.525. The number of carbonyl (C=O) groups is 1. The molecule has 80 valence electrons. The maximum atomic E-state index is 12.3. The van der Waals surface area contributed by atoms with Crippen LogP contribution in [-0.2, 0) is 4.79 Å². The summed E-state index contributed by atoms with van der Waals surface area (Å²) in [5, 5.41) is 2.47. The van der Waals surface area contributed by atoms with Crippen molar-refractivity contribution in [3.63, 3.8) is 0 Å². The minimum atomic E-state index is -4.25.